The van der Waals surface area contributed by atoms with Gasteiger partial charge in [-0.3, -0.25) is 28.8 Å². The Labute approximate surface area is 228 Å². The van der Waals surface area contributed by atoms with Crippen molar-refractivity contribution in [1.82, 2.24) is 10.2 Å². The Morgan fingerprint density at radius 3 is 2.08 bits per heavy atom. The van der Waals surface area contributed by atoms with Crippen LogP contribution in [0.5, 0.6) is 0 Å². The third-order valence-electron chi connectivity index (χ3n) is 6.42. The van der Waals surface area contributed by atoms with E-state index in [1.165, 1.54) is 12.0 Å². The first-order chi connectivity index (χ1) is 18.2. The first kappa shape index (κ1) is 33.5. The highest BCUT2D eigenvalue weighted by molar-refractivity contribution is 5.93. The number of carbonyl (C=O) groups is 7. The quantitative estimate of drug-likeness (QED) is 0.145. The van der Waals surface area contributed by atoms with Gasteiger partial charge in [0.05, 0.1) is 32.3 Å². The number of esters is 3. The Bertz CT molecular complexity index is 1000. The summed E-state index contributed by atoms with van der Waals surface area (Å²) in [6.07, 6.45) is 0.247. The van der Waals surface area contributed by atoms with Crippen LogP contribution in [-0.2, 0) is 47.8 Å². The maximum Gasteiger partial charge on any atom is 0.375 e. The van der Waals surface area contributed by atoms with Crippen molar-refractivity contribution in [1.29, 1.82) is 0 Å². The van der Waals surface area contributed by atoms with Crippen molar-refractivity contribution in [3.63, 3.8) is 0 Å². The van der Waals surface area contributed by atoms with Crippen molar-refractivity contribution in [2.24, 2.45) is 23.7 Å². The van der Waals surface area contributed by atoms with Gasteiger partial charge in [-0.2, -0.15) is 0 Å². The number of ether oxygens (including phenoxy) is 3. The standard InChI is InChI=1S/C27H40N2O10/c1-15(2)23(24(27(36)38-7)39-18(5)30)28-25(34)19-10-11-29(14-19)26(35)17(4)13-21(32)16(3)12-20(31)8-9-22(33)37-6/h15-17,19H,8-14H2,1-7H3,(H,28,34)/b24-23+/t16-,17-,19-/m1/s1. The Morgan fingerprint density at radius 1 is 0.897 bits per heavy atom. The highest BCUT2D eigenvalue weighted by atomic mass is 16.6. The molecule has 218 valence electrons. The van der Waals surface area contributed by atoms with Crippen LogP contribution < -0.4 is 5.32 Å². The molecule has 0 radical (unpaired) electrons. The number of carbonyl (C=O) groups excluding carboxylic acids is 7. The van der Waals surface area contributed by atoms with Gasteiger partial charge < -0.3 is 24.4 Å². The molecule has 0 aromatic carbocycles. The summed E-state index contributed by atoms with van der Waals surface area (Å²) in [5, 5.41) is 2.66. The van der Waals surface area contributed by atoms with E-state index in [0.29, 0.717) is 13.0 Å². The number of ketones is 2. The van der Waals surface area contributed by atoms with Gasteiger partial charge in [-0.05, 0) is 12.3 Å². The smallest absolute Gasteiger partial charge is 0.375 e. The van der Waals surface area contributed by atoms with Gasteiger partial charge in [0.15, 0.2) is 0 Å². The zero-order valence-electron chi connectivity index (χ0n) is 23.8. The maximum atomic E-state index is 13.0. The number of Topliss-reactive ketones (excluding diaryl/α,β-unsaturated/α-hetero) is 2. The van der Waals surface area contributed by atoms with Crippen molar-refractivity contribution in [2.45, 2.75) is 66.7 Å². The highest BCUT2D eigenvalue weighted by Crippen LogP contribution is 2.23. The van der Waals surface area contributed by atoms with Crippen LogP contribution in [0.1, 0.15) is 66.7 Å². The summed E-state index contributed by atoms with van der Waals surface area (Å²) in [6, 6.07) is 0. The number of nitrogens with zero attached hydrogens (tertiary/aromatic N) is 1. The molecule has 3 atom stereocenters. The lowest BCUT2D eigenvalue weighted by atomic mass is 9.91. The molecule has 0 aromatic heterocycles. The molecule has 0 aliphatic carbocycles. The first-order valence-electron chi connectivity index (χ1n) is 12.9. The summed E-state index contributed by atoms with van der Waals surface area (Å²) in [5.41, 5.74) is 0.0981. The molecule has 1 aliphatic heterocycles. The molecule has 0 bridgehead atoms. The van der Waals surface area contributed by atoms with Crippen LogP contribution in [0.15, 0.2) is 11.5 Å². The normalized spacial score (nSPS) is 17.0. The van der Waals surface area contributed by atoms with Gasteiger partial charge in [-0.25, -0.2) is 4.79 Å². The molecule has 1 saturated heterocycles. The van der Waals surface area contributed by atoms with E-state index in [9.17, 15) is 33.6 Å². The van der Waals surface area contributed by atoms with E-state index in [-0.39, 0.29) is 61.3 Å². The molecule has 0 aromatic rings. The summed E-state index contributed by atoms with van der Waals surface area (Å²) < 4.78 is 14.2. The minimum absolute atomic E-state index is 0.00822. The topological polar surface area (TPSA) is 162 Å². The van der Waals surface area contributed by atoms with Gasteiger partial charge >= 0.3 is 17.9 Å². The third kappa shape index (κ3) is 10.6. The van der Waals surface area contributed by atoms with Gasteiger partial charge in [0.1, 0.15) is 11.6 Å². The third-order valence-corrected chi connectivity index (χ3v) is 6.42. The Kier molecular flexibility index (Phi) is 13.5. The van der Waals surface area contributed by atoms with Crippen molar-refractivity contribution >= 4 is 41.3 Å². The monoisotopic (exact) mass is 552 g/mol. The minimum Gasteiger partial charge on any atom is -0.469 e. The molecule has 0 saturated carbocycles. The second-order valence-corrected chi connectivity index (χ2v) is 10.0. The van der Waals surface area contributed by atoms with E-state index in [1.54, 1.807) is 27.7 Å². The lowest BCUT2D eigenvalue weighted by molar-refractivity contribution is -0.149. The molecule has 1 N–H and O–H groups in total. The fraction of sp³-hybridized carbons (Fsp3) is 0.667. The highest BCUT2D eigenvalue weighted by Gasteiger charge is 2.35. The molecule has 1 heterocycles. The van der Waals surface area contributed by atoms with Crippen LogP contribution in [0.4, 0.5) is 0 Å². The summed E-state index contributed by atoms with van der Waals surface area (Å²) in [5.74, 6) is -5.93. The van der Waals surface area contributed by atoms with Gasteiger partial charge in [-0.15, -0.1) is 0 Å². The van der Waals surface area contributed by atoms with Crippen molar-refractivity contribution in [3.05, 3.63) is 11.5 Å². The van der Waals surface area contributed by atoms with Crippen molar-refractivity contribution in [3.8, 4) is 0 Å². The van der Waals surface area contributed by atoms with Crippen LogP contribution in [-0.4, -0.2) is 73.5 Å². The molecular formula is C27H40N2O10. The lowest BCUT2D eigenvalue weighted by Crippen LogP contribution is -2.38. The number of nitrogens with one attached hydrogen (secondary N) is 1. The Morgan fingerprint density at radius 2 is 1.54 bits per heavy atom. The first-order valence-corrected chi connectivity index (χ1v) is 12.9. The van der Waals surface area contributed by atoms with Gasteiger partial charge in [0.25, 0.3) is 0 Å². The van der Waals surface area contributed by atoms with Crippen molar-refractivity contribution in [2.75, 3.05) is 27.3 Å². The van der Waals surface area contributed by atoms with E-state index in [4.69, 9.17) is 4.74 Å². The minimum atomic E-state index is -0.907. The number of allylic oxidation sites excluding steroid dienone is 1. The second-order valence-electron chi connectivity index (χ2n) is 10.0. The van der Waals surface area contributed by atoms with E-state index in [2.05, 4.69) is 14.8 Å². The van der Waals surface area contributed by atoms with Crippen LogP contribution in [0, 0.1) is 23.7 Å². The largest absolute Gasteiger partial charge is 0.469 e. The zero-order valence-corrected chi connectivity index (χ0v) is 23.8. The van der Waals surface area contributed by atoms with E-state index in [0.717, 1.165) is 14.0 Å². The number of hydrogen-bond acceptors (Lipinski definition) is 10. The summed E-state index contributed by atoms with van der Waals surface area (Å²) in [4.78, 5) is 87.0. The number of methoxy groups -OCH3 is 2. The molecule has 1 rings (SSSR count). The molecule has 0 unspecified atom stereocenters. The van der Waals surface area contributed by atoms with Gasteiger partial charge in [0.2, 0.25) is 17.6 Å². The Hall–Kier alpha value is -3.57. The van der Waals surface area contributed by atoms with E-state index in [1.807, 2.05) is 0 Å². The van der Waals surface area contributed by atoms with Crippen LogP contribution in [0.25, 0.3) is 0 Å². The molecule has 2 amide bonds. The molecule has 39 heavy (non-hydrogen) atoms. The SMILES string of the molecule is COC(=O)CCC(=O)C[C@@H](C)C(=O)C[C@@H](C)C(=O)N1CC[C@@H](C(=O)N/C(=C(/OC(C)=O)C(=O)OC)C(C)C)C1. The average Bonchev–Trinajstić information content (AvgIpc) is 3.38. The summed E-state index contributed by atoms with van der Waals surface area (Å²) >= 11 is 0. The molecule has 1 aliphatic rings. The van der Waals surface area contributed by atoms with E-state index < -0.39 is 47.3 Å². The fourth-order valence-electron chi connectivity index (χ4n) is 4.12. The summed E-state index contributed by atoms with van der Waals surface area (Å²) in [6.45, 7) is 8.21. The zero-order chi connectivity index (χ0) is 29.9. The fourth-order valence-corrected chi connectivity index (χ4v) is 4.12. The number of likely N-dealkylation sites (tertiary alicyclic amines) is 1. The van der Waals surface area contributed by atoms with Gasteiger partial charge in [-0.1, -0.05) is 27.7 Å². The van der Waals surface area contributed by atoms with Crippen molar-refractivity contribution < 1.29 is 47.8 Å². The number of rotatable bonds is 14. The molecule has 0 spiro atoms. The molecule has 1 fully saturated rings. The van der Waals surface area contributed by atoms with Crippen LogP contribution >= 0.6 is 0 Å². The van der Waals surface area contributed by atoms with Gasteiger partial charge in [0, 0.05) is 51.1 Å². The van der Waals surface area contributed by atoms with Crippen LogP contribution in [0.2, 0.25) is 0 Å². The number of hydrogen-bond donors (Lipinski definition) is 1. The molecule has 12 nitrogen and oxygen atoms in total. The average molecular weight is 553 g/mol. The predicted molar refractivity (Wildman–Crippen MR) is 137 cm³/mol. The lowest BCUT2D eigenvalue weighted by Gasteiger charge is -2.22. The second kappa shape index (κ2) is 15.7. The van der Waals surface area contributed by atoms with E-state index >= 15 is 0 Å². The number of amides is 2. The summed E-state index contributed by atoms with van der Waals surface area (Å²) in [7, 11) is 2.36. The molecule has 12 heteroatoms. The van der Waals surface area contributed by atoms with Crippen LogP contribution in [0.3, 0.4) is 0 Å². The molecular weight excluding hydrogens is 512 g/mol. The maximum absolute atomic E-state index is 13.0. The Balaban J connectivity index is 2.76. The predicted octanol–water partition coefficient (Wildman–Crippen LogP) is 1.70.